The lowest BCUT2D eigenvalue weighted by molar-refractivity contribution is 0.0947. The van der Waals surface area contributed by atoms with Crippen LogP contribution in [-0.2, 0) is 0 Å². The zero-order chi connectivity index (χ0) is 20.7. The van der Waals surface area contributed by atoms with Crippen molar-refractivity contribution in [2.24, 2.45) is 0 Å². The van der Waals surface area contributed by atoms with Crippen LogP contribution in [0, 0.1) is 0 Å². The van der Waals surface area contributed by atoms with Gasteiger partial charge in [0.25, 0.3) is 5.91 Å². The maximum atomic E-state index is 12.4. The number of hydrogen-bond acceptors (Lipinski definition) is 5. The van der Waals surface area contributed by atoms with Gasteiger partial charge in [-0.2, -0.15) is 0 Å². The van der Waals surface area contributed by atoms with Gasteiger partial charge in [-0.3, -0.25) is 4.79 Å². The van der Waals surface area contributed by atoms with Crippen molar-refractivity contribution >= 4 is 17.4 Å². The van der Waals surface area contributed by atoms with Crippen LogP contribution in [0.2, 0.25) is 0 Å². The van der Waals surface area contributed by atoms with E-state index >= 15 is 0 Å². The topological polar surface area (TPSA) is 70.2 Å². The second-order valence-corrected chi connectivity index (χ2v) is 7.95. The molecule has 6 nitrogen and oxygen atoms in total. The molecular weight excluding hydrogens is 350 g/mol. The molecule has 152 valence electrons. The fraction of sp³-hybridized carbons (Fsp3) is 0.500. The van der Waals surface area contributed by atoms with Gasteiger partial charge < -0.3 is 15.5 Å². The zero-order valence-corrected chi connectivity index (χ0v) is 17.9. The van der Waals surface area contributed by atoms with Crippen molar-refractivity contribution in [1.29, 1.82) is 0 Å². The maximum absolute atomic E-state index is 12.4. The first-order valence-electron chi connectivity index (χ1n) is 9.94. The van der Waals surface area contributed by atoms with E-state index in [1.807, 2.05) is 14.1 Å². The largest absolute Gasteiger partial charge is 0.351 e. The van der Waals surface area contributed by atoms with E-state index in [0.717, 1.165) is 18.7 Å². The number of anilines is 2. The van der Waals surface area contributed by atoms with Gasteiger partial charge in [0, 0.05) is 18.3 Å². The Balaban J connectivity index is 2.18. The van der Waals surface area contributed by atoms with Crippen LogP contribution in [0.15, 0.2) is 30.6 Å². The van der Waals surface area contributed by atoms with Gasteiger partial charge in [0.05, 0.1) is 0 Å². The van der Waals surface area contributed by atoms with Crippen LogP contribution < -0.4 is 10.6 Å². The molecule has 0 saturated heterocycles. The fourth-order valence-corrected chi connectivity index (χ4v) is 3.06. The molecule has 0 aliphatic heterocycles. The number of benzene rings is 1. The van der Waals surface area contributed by atoms with E-state index in [0.29, 0.717) is 29.9 Å². The van der Waals surface area contributed by atoms with Crippen molar-refractivity contribution in [1.82, 2.24) is 20.2 Å². The highest BCUT2D eigenvalue weighted by Gasteiger charge is 2.15. The van der Waals surface area contributed by atoms with Crippen LogP contribution in [0.1, 0.15) is 67.6 Å². The Labute approximate surface area is 168 Å². The highest BCUT2D eigenvalue weighted by atomic mass is 16.1. The number of nitrogens with one attached hydrogen (secondary N) is 2. The van der Waals surface area contributed by atoms with Gasteiger partial charge in [-0.1, -0.05) is 45.9 Å². The summed E-state index contributed by atoms with van der Waals surface area (Å²) in [6.45, 7) is 10.3. The molecule has 0 radical (unpaired) electrons. The highest BCUT2D eigenvalue weighted by molar-refractivity contribution is 5.93. The number of carbonyl (C=O) groups is 1. The number of carbonyl (C=O) groups excluding carboxylic acids is 1. The van der Waals surface area contributed by atoms with E-state index < -0.39 is 0 Å². The molecule has 0 aliphatic rings. The van der Waals surface area contributed by atoms with Gasteiger partial charge in [-0.05, 0) is 50.0 Å². The second kappa shape index (κ2) is 10.2. The number of amides is 1. The summed E-state index contributed by atoms with van der Waals surface area (Å²) < 4.78 is 0. The van der Waals surface area contributed by atoms with Crippen molar-refractivity contribution in [3.05, 3.63) is 47.4 Å². The molecule has 1 amide bonds. The molecule has 1 aromatic heterocycles. The molecule has 0 bridgehead atoms. The number of para-hydroxylation sites is 1. The monoisotopic (exact) mass is 383 g/mol. The molecule has 2 N–H and O–H groups in total. The van der Waals surface area contributed by atoms with E-state index in [1.54, 1.807) is 6.07 Å². The number of rotatable bonds is 9. The first kappa shape index (κ1) is 21.8. The Hall–Kier alpha value is -2.47. The first-order valence-corrected chi connectivity index (χ1v) is 9.94. The Morgan fingerprint density at radius 1 is 1.07 bits per heavy atom. The Morgan fingerprint density at radius 3 is 2.29 bits per heavy atom. The van der Waals surface area contributed by atoms with Gasteiger partial charge in [0.2, 0.25) is 0 Å². The summed E-state index contributed by atoms with van der Waals surface area (Å²) in [5.41, 5.74) is 3.91. The molecule has 0 atom stereocenters. The first-order chi connectivity index (χ1) is 13.3. The standard InChI is InChI=1S/C22H33N5O/c1-15(2)17-9-7-10-18(16(3)4)21(17)26-20-13-19(24-14-25-20)22(28)23-11-8-12-27(5)6/h7,9-10,13-16H,8,11-12H2,1-6H3,(H,23,28)(H,24,25,26). The quantitative estimate of drug-likeness (QED) is 0.637. The predicted molar refractivity (Wildman–Crippen MR) is 115 cm³/mol. The van der Waals surface area contributed by atoms with Gasteiger partial charge in [0.15, 0.2) is 0 Å². The molecule has 2 aromatic rings. The summed E-state index contributed by atoms with van der Waals surface area (Å²) in [4.78, 5) is 23.0. The summed E-state index contributed by atoms with van der Waals surface area (Å²) >= 11 is 0. The fourth-order valence-electron chi connectivity index (χ4n) is 3.06. The minimum Gasteiger partial charge on any atom is -0.351 e. The lowest BCUT2D eigenvalue weighted by atomic mass is 9.92. The predicted octanol–water partition coefficient (Wildman–Crippen LogP) is 4.15. The summed E-state index contributed by atoms with van der Waals surface area (Å²) in [6, 6.07) is 8.09. The van der Waals surface area contributed by atoms with E-state index in [4.69, 9.17) is 0 Å². The molecule has 0 fully saturated rings. The summed E-state index contributed by atoms with van der Waals surface area (Å²) in [5, 5.41) is 6.36. The SMILES string of the molecule is CC(C)c1cccc(C(C)C)c1Nc1cc(C(=O)NCCCN(C)C)ncn1. The molecule has 6 heteroatoms. The number of hydrogen-bond donors (Lipinski definition) is 2. The minimum atomic E-state index is -0.176. The molecule has 0 aliphatic carbocycles. The van der Waals surface area contributed by atoms with Gasteiger partial charge in [0.1, 0.15) is 17.8 Å². The van der Waals surface area contributed by atoms with Crippen molar-refractivity contribution in [3.8, 4) is 0 Å². The third kappa shape index (κ3) is 6.02. The molecule has 0 saturated carbocycles. The summed E-state index contributed by atoms with van der Waals surface area (Å²) in [7, 11) is 4.04. The van der Waals surface area contributed by atoms with Crippen LogP contribution in [0.4, 0.5) is 11.5 Å². The molecule has 1 aromatic carbocycles. The molecule has 28 heavy (non-hydrogen) atoms. The lowest BCUT2D eigenvalue weighted by Gasteiger charge is -2.20. The molecule has 2 rings (SSSR count). The van der Waals surface area contributed by atoms with Gasteiger partial charge >= 0.3 is 0 Å². The van der Waals surface area contributed by atoms with Crippen LogP contribution in [0.25, 0.3) is 0 Å². The van der Waals surface area contributed by atoms with Gasteiger partial charge in [-0.25, -0.2) is 9.97 Å². The number of aromatic nitrogens is 2. The van der Waals surface area contributed by atoms with Crippen molar-refractivity contribution in [2.45, 2.75) is 46.0 Å². The third-order valence-electron chi connectivity index (χ3n) is 4.59. The van der Waals surface area contributed by atoms with Crippen LogP contribution in [0.5, 0.6) is 0 Å². The van der Waals surface area contributed by atoms with Crippen LogP contribution in [-0.4, -0.2) is 48.0 Å². The lowest BCUT2D eigenvalue weighted by Crippen LogP contribution is -2.27. The average molecular weight is 384 g/mol. The molecule has 0 spiro atoms. The smallest absolute Gasteiger partial charge is 0.270 e. The minimum absolute atomic E-state index is 0.176. The van der Waals surface area contributed by atoms with Crippen LogP contribution in [0.3, 0.4) is 0 Å². The normalized spacial score (nSPS) is 11.3. The molecule has 0 unspecified atom stereocenters. The van der Waals surface area contributed by atoms with E-state index in [2.05, 4.69) is 71.4 Å². The average Bonchev–Trinajstić information content (AvgIpc) is 2.65. The third-order valence-corrected chi connectivity index (χ3v) is 4.59. The summed E-state index contributed by atoms with van der Waals surface area (Å²) in [5.74, 6) is 1.21. The number of nitrogens with zero attached hydrogens (tertiary/aromatic N) is 3. The van der Waals surface area contributed by atoms with Crippen LogP contribution >= 0.6 is 0 Å². The second-order valence-electron chi connectivity index (χ2n) is 7.95. The summed E-state index contributed by atoms with van der Waals surface area (Å²) in [6.07, 6.45) is 2.33. The zero-order valence-electron chi connectivity index (χ0n) is 17.9. The Bertz CT molecular complexity index is 760. The molecule has 1 heterocycles. The van der Waals surface area contributed by atoms with E-state index in [1.165, 1.54) is 17.5 Å². The van der Waals surface area contributed by atoms with Crippen molar-refractivity contribution < 1.29 is 4.79 Å². The van der Waals surface area contributed by atoms with Crippen molar-refractivity contribution in [3.63, 3.8) is 0 Å². The highest BCUT2D eigenvalue weighted by Crippen LogP contribution is 2.34. The van der Waals surface area contributed by atoms with E-state index in [9.17, 15) is 4.79 Å². The van der Waals surface area contributed by atoms with E-state index in [-0.39, 0.29) is 5.91 Å². The van der Waals surface area contributed by atoms with Gasteiger partial charge in [-0.15, -0.1) is 0 Å². The van der Waals surface area contributed by atoms with Crippen molar-refractivity contribution in [2.75, 3.05) is 32.5 Å². The molecular formula is C22H33N5O. The Kier molecular flexibility index (Phi) is 7.93. The Morgan fingerprint density at radius 2 is 1.71 bits per heavy atom. The maximum Gasteiger partial charge on any atom is 0.270 e.